The molecule has 3 aromatic rings. The van der Waals surface area contributed by atoms with Crippen molar-refractivity contribution in [2.45, 2.75) is 49.0 Å². The lowest BCUT2D eigenvalue weighted by molar-refractivity contribution is -0.368. The van der Waals surface area contributed by atoms with Crippen LogP contribution in [0.2, 0.25) is 0 Å². The van der Waals surface area contributed by atoms with E-state index in [2.05, 4.69) is 0 Å². The van der Waals surface area contributed by atoms with Crippen LogP contribution in [0.15, 0.2) is 41.8 Å². The molecule has 13 nitrogen and oxygen atoms in total. The monoisotopic (exact) mass is 661 g/mol. The zero-order valence-corrected chi connectivity index (χ0v) is 25.1. The van der Waals surface area contributed by atoms with Crippen LogP contribution >= 0.6 is 11.3 Å². The second kappa shape index (κ2) is 11.6. The molecule has 4 aliphatic heterocycles. The summed E-state index contributed by atoms with van der Waals surface area (Å²) in [6.07, 6.45) is -9.21. The number of hydrogen-bond acceptors (Lipinski definition) is 14. The maximum Gasteiger partial charge on any atom is 0.310 e. The summed E-state index contributed by atoms with van der Waals surface area (Å²) in [7, 11) is 2.55. The first-order valence-corrected chi connectivity index (χ1v) is 15.3. The summed E-state index contributed by atoms with van der Waals surface area (Å²) >= 11 is 1.39. The van der Waals surface area contributed by atoms with Crippen LogP contribution in [0.1, 0.15) is 46.7 Å². The minimum absolute atomic E-state index is 0.00917. The first kappa shape index (κ1) is 24.5. The molecule has 5 heterocycles. The number of thiophene rings is 1. The van der Waals surface area contributed by atoms with E-state index >= 15 is 0 Å². The van der Waals surface area contributed by atoms with E-state index in [1.54, 1.807) is 6.07 Å². The summed E-state index contributed by atoms with van der Waals surface area (Å²) in [5.74, 6) is -7.44. The Balaban J connectivity index is 1.24. The minimum atomic E-state index is -2.77. The molecule has 14 heteroatoms. The van der Waals surface area contributed by atoms with Crippen molar-refractivity contribution in [2.75, 3.05) is 34.1 Å². The maximum atomic E-state index is 13.8. The van der Waals surface area contributed by atoms with Gasteiger partial charge >= 0.3 is 5.97 Å². The number of phenolic OH excluding ortho intramolecular Hbond substituents is 1. The Morgan fingerprint density at radius 1 is 1.00 bits per heavy atom. The number of hydrogen-bond donors (Lipinski definition) is 3. The lowest BCUT2D eigenvalue weighted by atomic mass is 9.66. The number of cyclic esters (lactones) is 1. The molecule has 2 aromatic carbocycles. The highest BCUT2D eigenvalue weighted by atomic mass is 32.1. The van der Waals surface area contributed by atoms with Crippen molar-refractivity contribution in [3.8, 4) is 28.7 Å². The quantitative estimate of drug-likeness (QED) is 0.331. The van der Waals surface area contributed by atoms with Crippen LogP contribution in [0.3, 0.4) is 0 Å². The van der Waals surface area contributed by atoms with Gasteiger partial charge in [-0.2, -0.15) is 0 Å². The maximum absolute atomic E-state index is 13.8. The average Bonchev–Trinajstić information content (AvgIpc) is 3.79. The van der Waals surface area contributed by atoms with Crippen molar-refractivity contribution < 1.29 is 69.6 Å². The SMILES string of the molecule is [2H]C1([2H])Oc2cc3c(cc2O1)[C@@]([2H])(c1cc(OC)c(O)c(OC)c1)[C@H]1C(=O)OC([2H])([2H])[C@@H]1[C@@H]3O[C@@H]1O[C@@H]2CO[C@@H](c3cccs3)O[C@H]2[C@H](O)C1O. The molecule has 244 valence electrons. The van der Waals surface area contributed by atoms with Gasteiger partial charge in [0.1, 0.15) is 27.2 Å². The van der Waals surface area contributed by atoms with Crippen molar-refractivity contribution in [2.24, 2.45) is 11.8 Å². The average molecular weight is 662 g/mol. The van der Waals surface area contributed by atoms with Crippen LogP contribution in [0.5, 0.6) is 28.7 Å². The van der Waals surface area contributed by atoms with Gasteiger partial charge in [-0.25, -0.2) is 0 Å². The normalized spacial score (nSPS) is 39.7. The van der Waals surface area contributed by atoms with Crippen molar-refractivity contribution in [1.82, 2.24) is 0 Å². The fraction of sp³-hybridized carbons (Fsp3) is 0.469. The third kappa shape index (κ3) is 4.70. The number of aliphatic hydroxyl groups is 2. The largest absolute Gasteiger partial charge is 0.502 e. The van der Waals surface area contributed by atoms with Crippen LogP contribution in [-0.4, -0.2) is 86.1 Å². The van der Waals surface area contributed by atoms with E-state index in [9.17, 15) is 21.5 Å². The lowest BCUT2D eigenvalue weighted by Crippen LogP contribution is -2.62. The number of aromatic hydroxyl groups is 1. The van der Waals surface area contributed by atoms with Crippen LogP contribution in [0.25, 0.3) is 0 Å². The highest BCUT2D eigenvalue weighted by Gasteiger charge is 2.56. The number of esters is 1. The van der Waals surface area contributed by atoms with Gasteiger partial charge in [-0.1, -0.05) is 6.07 Å². The third-order valence-corrected chi connectivity index (χ3v) is 9.64. The van der Waals surface area contributed by atoms with E-state index in [1.807, 2.05) is 11.4 Å². The molecule has 1 unspecified atom stereocenters. The number of fused-ring (bicyclic) bond motifs is 4. The number of methoxy groups -OCH3 is 2. The molecule has 46 heavy (non-hydrogen) atoms. The Bertz CT molecular complexity index is 1840. The summed E-state index contributed by atoms with van der Waals surface area (Å²) < 4.78 is 94.9. The molecule has 1 aromatic heterocycles. The number of benzene rings is 2. The lowest BCUT2D eigenvalue weighted by Gasteiger charge is -2.48. The smallest absolute Gasteiger partial charge is 0.310 e. The van der Waals surface area contributed by atoms with Crippen molar-refractivity contribution >= 4 is 17.3 Å². The van der Waals surface area contributed by atoms with E-state index in [0.717, 1.165) is 4.88 Å². The Hall–Kier alpha value is -3.63. The molecule has 8 rings (SSSR count). The fourth-order valence-electron chi connectivity index (χ4n) is 6.56. The number of carbonyl (C=O) groups is 1. The highest BCUT2D eigenvalue weighted by molar-refractivity contribution is 7.10. The van der Waals surface area contributed by atoms with Crippen LogP contribution in [0, 0.1) is 11.8 Å². The van der Waals surface area contributed by atoms with E-state index < -0.39 is 80.1 Å². The van der Waals surface area contributed by atoms with Crippen LogP contribution < -0.4 is 18.9 Å². The Kier molecular flexibility index (Phi) is 6.16. The number of aliphatic hydroxyl groups excluding tert-OH is 2. The zero-order chi connectivity index (χ0) is 36.2. The Morgan fingerprint density at radius 3 is 2.43 bits per heavy atom. The van der Waals surface area contributed by atoms with Crippen molar-refractivity contribution in [3.63, 3.8) is 0 Å². The molecule has 3 saturated heterocycles. The van der Waals surface area contributed by atoms with Gasteiger partial charge in [0.05, 0.1) is 47.0 Å². The zero-order valence-electron chi connectivity index (χ0n) is 29.3. The summed E-state index contributed by atoms with van der Waals surface area (Å²) in [4.78, 5) is 14.5. The standard InChI is InChI=1S/C32H32O13S/c1-37-19-6-13(7-20(38-2)25(19)33)23-14-8-17-18(42-12-41-17)9-15(14)28(16-10-39-30(36)24(16)23)44-32-27(35)26(34)29-21(43-32)11-40-31(45-29)22-4-3-5-46-22/h3-9,16,21,23-24,26-29,31-35H,10-12H2,1-2H3/t16-,21+,23+,24-,26+,27?,28+,29+,31+,32-/m0/s1/i10D2,12D2,23D. The molecule has 10 atom stereocenters. The van der Waals surface area contributed by atoms with E-state index in [1.165, 1.54) is 49.8 Å². The Morgan fingerprint density at radius 2 is 1.74 bits per heavy atom. The molecular weight excluding hydrogens is 624 g/mol. The molecule has 0 saturated carbocycles. The topological polar surface area (TPSA) is 161 Å². The van der Waals surface area contributed by atoms with Crippen LogP contribution in [0.4, 0.5) is 0 Å². The molecule has 0 amide bonds. The van der Waals surface area contributed by atoms with E-state index in [-0.39, 0.29) is 52.0 Å². The molecular formula is C32H32O13S. The highest BCUT2D eigenvalue weighted by Crippen LogP contribution is 2.57. The number of rotatable bonds is 6. The fourth-order valence-corrected chi connectivity index (χ4v) is 7.27. The van der Waals surface area contributed by atoms with Gasteiger partial charge < -0.3 is 58.0 Å². The second-order valence-electron chi connectivity index (χ2n) is 11.2. The van der Waals surface area contributed by atoms with Gasteiger partial charge in [0.25, 0.3) is 0 Å². The third-order valence-electron chi connectivity index (χ3n) is 8.74. The predicted octanol–water partition coefficient (Wildman–Crippen LogP) is 2.75. The van der Waals surface area contributed by atoms with Crippen LogP contribution in [-0.2, 0) is 28.5 Å². The molecule has 0 bridgehead atoms. The van der Waals surface area contributed by atoms with Gasteiger partial charge in [0, 0.05) is 13.2 Å². The molecule has 1 aliphatic carbocycles. The summed E-state index contributed by atoms with van der Waals surface area (Å²) in [6.45, 7) is -5.43. The van der Waals surface area contributed by atoms with E-state index in [4.69, 9.17) is 48.1 Å². The summed E-state index contributed by atoms with van der Waals surface area (Å²) in [5.41, 5.74) is 0.0510. The molecule has 0 spiro atoms. The minimum Gasteiger partial charge on any atom is -0.502 e. The summed E-state index contributed by atoms with van der Waals surface area (Å²) in [6, 6.07) is 8.82. The van der Waals surface area contributed by atoms with Gasteiger partial charge in [-0.15, -0.1) is 11.3 Å². The molecule has 0 radical (unpaired) electrons. The summed E-state index contributed by atoms with van der Waals surface area (Å²) in [5, 5.41) is 35.1. The van der Waals surface area contributed by atoms with Gasteiger partial charge in [0.2, 0.25) is 12.5 Å². The number of phenols is 1. The van der Waals surface area contributed by atoms with Gasteiger partial charge in [0.15, 0.2) is 35.6 Å². The van der Waals surface area contributed by atoms with Crippen molar-refractivity contribution in [1.29, 1.82) is 0 Å². The van der Waals surface area contributed by atoms with Crippen molar-refractivity contribution in [3.05, 3.63) is 63.3 Å². The number of ether oxygens (including phenoxy) is 9. The molecule has 3 fully saturated rings. The second-order valence-corrected chi connectivity index (χ2v) is 12.2. The van der Waals surface area contributed by atoms with E-state index in [0.29, 0.717) is 0 Å². The molecule has 5 aliphatic rings. The van der Waals surface area contributed by atoms with Gasteiger partial charge in [-0.05, 0) is 52.4 Å². The Labute approximate surface area is 274 Å². The first-order chi connectivity index (χ1) is 24.2. The predicted molar refractivity (Wildman–Crippen MR) is 156 cm³/mol. The number of carbonyl (C=O) groups excluding carboxylic acids is 1. The molecule has 3 N–H and O–H groups in total. The van der Waals surface area contributed by atoms with Gasteiger partial charge in [-0.3, -0.25) is 4.79 Å². The first-order valence-electron chi connectivity index (χ1n) is 16.9.